The SMILES string of the molecule is CC=CCC(C(=O)O)C(C)C(=O)OC(C)C. The number of carboxylic acids is 1. The molecule has 0 radical (unpaired) electrons. The third kappa shape index (κ3) is 4.96. The number of allylic oxidation sites excluding steroid dienone is 2. The van der Waals surface area contributed by atoms with Gasteiger partial charge in [0.05, 0.1) is 17.9 Å². The third-order valence-corrected chi connectivity index (χ3v) is 2.27. The molecule has 92 valence electrons. The van der Waals surface area contributed by atoms with Gasteiger partial charge in [-0.2, -0.15) is 0 Å². The van der Waals surface area contributed by atoms with E-state index in [-0.39, 0.29) is 6.10 Å². The van der Waals surface area contributed by atoms with Gasteiger partial charge >= 0.3 is 11.9 Å². The molecule has 0 aliphatic carbocycles. The molecular formula is C12H20O4. The zero-order valence-electron chi connectivity index (χ0n) is 10.3. The van der Waals surface area contributed by atoms with E-state index >= 15 is 0 Å². The normalized spacial score (nSPS) is 15.1. The van der Waals surface area contributed by atoms with Crippen LogP contribution in [0, 0.1) is 11.8 Å². The lowest BCUT2D eigenvalue weighted by Gasteiger charge is -2.19. The molecule has 0 aromatic carbocycles. The fourth-order valence-corrected chi connectivity index (χ4v) is 1.31. The summed E-state index contributed by atoms with van der Waals surface area (Å²) in [6.45, 7) is 6.89. The van der Waals surface area contributed by atoms with Crippen LogP contribution < -0.4 is 0 Å². The fraction of sp³-hybridized carbons (Fsp3) is 0.667. The zero-order valence-corrected chi connectivity index (χ0v) is 10.3. The standard InChI is InChI=1S/C12H20O4/c1-5-6-7-10(11(13)14)9(4)12(15)16-8(2)3/h5-6,8-10H,7H2,1-4H3,(H,13,14). The van der Waals surface area contributed by atoms with Gasteiger partial charge < -0.3 is 9.84 Å². The van der Waals surface area contributed by atoms with Crippen molar-refractivity contribution < 1.29 is 19.4 Å². The van der Waals surface area contributed by atoms with Crippen molar-refractivity contribution in [1.82, 2.24) is 0 Å². The summed E-state index contributed by atoms with van der Waals surface area (Å²) in [5.74, 6) is -2.77. The average molecular weight is 228 g/mol. The predicted octanol–water partition coefficient (Wildman–Crippen LogP) is 2.24. The lowest BCUT2D eigenvalue weighted by Crippen LogP contribution is -2.30. The van der Waals surface area contributed by atoms with E-state index in [1.165, 1.54) is 0 Å². The van der Waals surface area contributed by atoms with E-state index in [0.29, 0.717) is 6.42 Å². The van der Waals surface area contributed by atoms with E-state index < -0.39 is 23.8 Å². The lowest BCUT2D eigenvalue weighted by atomic mass is 9.91. The summed E-state index contributed by atoms with van der Waals surface area (Å²) >= 11 is 0. The van der Waals surface area contributed by atoms with E-state index in [0.717, 1.165) is 0 Å². The molecule has 1 N–H and O–H groups in total. The Bertz CT molecular complexity index is 268. The van der Waals surface area contributed by atoms with E-state index in [1.54, 1.807) is 32.9 Å². The highest BCUT2D eigenvalue weighted by Gasteiger charge is 2.30. The van der Waals surface area contributed by atoms with Crippen LogP contribution >= 0.6 is 0 Å². The number of carboxylic acid groups (broad SMARTS) is 1. The van der Waals surface area contributed by atoms with Crippen molar-refractivity contribution >= 4 is 11.9 Å². The van der Waals surface area contributed by atoms with Crippen LogP contribution in [-0.4, -0.2) is 23.1 Å². The molecule has 2 atom stereocenters. The highest BCUT2D eigenvalue weighted by Crippen LogP contribution is 2.19. The Morgan fingerprint density at radius 3 is 2.25 bits per heavy atom. The van der Waals surface area contributed by atoms with Crippen molar-refractivity contribution in [2.75, 3.05) is 0 Å². The number of carbonyl (C=O) groups excluding carboxylic acids is 1. The monoisotopic (exact) mass is 228 g/mol. The van der Waals surface area contributed by atoms with E-state index in [2.05, 4.69) is 0 Å². The smallest absolute Gasteiger partial charge is 0.309 e. The third-order valence-electron chi connectivity index (χ3n) is 2.27. The molecule has 0 aliphatic heterocycles. The Labute approximate surface area is 96.3 Å². The van der Waals surface area contributed by atoms with Crippen LogP contribution in [-0.2, 0) is 14.3 Å². The van der Waals surface area contributed by atoms with Gasteiger partial charge in [-0.1, -0.05) is 19.1 Å². The van der Waals surface area contributed by atoms with Crippen molar-refractivity contribution in [3.8, 4) is 0 Å². The van der Waals surface area contributed by atoms with Crippen molar-refractivity contribution in [2.45, 2.75) is 40.2 Å². The molecule has 2 unspecified atom stereocenters. The van der Waals surface area contributed by atoms with Crippen LogP contribution in [0.25, 0.3) is 0 Å². The van der Waals surface area contributed by atoms with Crippen LogP contribution in [0.4, 0.5) is 0 Å². The topological polar surface area (TPSA) is 63.6 Å². The second-order valence-corrected chi connectivity index (χ2v) is 4.02. The molecule has 0 saturated heterocycles. The summed E-state index contributed by atoms with van der Waals surface area (Å²) < 4.78 is 5.00. The quantitative estimate of drug-likeness (QED) is 0.559. The molecule has 0 saturated carbocycles. The number of hydrogen-bond donors (Lipinski definition) is 1. The van der Waals surface area contributed by atoms with Crippen molar-refractivity contribution in [3.05, 3.63) is 12.2 Å². The summed E-state index contributed by atoms with van der Waals surface area (Å²) in [6.07, 6.45) is 3.65. The van der Waals surface area contributed by atoms with Gasteiger partial charge in [0.2, 0.25) is 0 Å². The molecule has 0 heterocycles. The molecule has 16 heavy (non-hydrogen) atoms. The highest BCUT2D eigenvalue weighted by molar-refractivity contribution is 5.81. The number of hydrogen-bond acceptors (Lipinski definition) is 3. The number of esters is 1. The van der Waals surface area contributed by atoms with Gasteiger partial charge in [-0.3, -0.25) is 9.59 Å². The first-order chi connectivity index (χ1) is 7.40. The number of aliphatic carboxylic acids is 1. The highest BCUT2D eigenvalue weighted by atomic mass is 16.5. The summed E-state index contributed by atoms with van der Waals surface area (Å²) in [5.41, 5.74) is 0. The van der Waals surface area contributed by atoms with Gasteiger partial charge in [0.1, 0.15) is 0 Å². The summed E-state index contributed by atoms with van der Waals surface area (Å²) in [5, 5.41) is 9.01. The second-order valence-electron chi connectivity index (χ2n) is 4.02. The molecule has 0 aromatic heterocycles. The van der Waals surface area contributed by atoms with Gasteiger partial charge in [-0.15, -0.1) is 0 Å². The Morgan fingerprint density at radius 1 is 1.31 bits per heavy atom. The van der Waals surface area contributed by atoms with Gasteiger partial charge in [0.25, 0.3) is 0 Å². The first-order valence-corrected chi connectivity index (χ1v) is 5.44. The molecule has 4 nitrogen and oxygen atoms in total. The van der Waals surface area contributed by atoms with E-state index in [9.17, 15) is 9.59 Å². The Morgan fingerprint density at radius 2 is 1.88 bits per heavy atom. The molecule has 0 aliphatic rings. The first-order valence-electron chi connectivity index (χ1n) is 5.44. The Balaban J connectivity index is 4.54. The summed E-state index contributed by atoms with van der Waals surface area (Å²) in [6, 6.07) is 0. The maximum Gasteiger partial charge on any atom is 0.309 e. The molecule has 0 amide bonds. The number of carbonyl (C=O) groups is 2. The minimum absolute atomic E-state index is 0.217. The van der Waals surface area contributed by atoms with Crippen molar-refractivity contribution in [2.24, 2.45) is 11.8 Å². The summed E-state index contributed by atoms with van der Waals surface area (Å²) in [4.78, 5) is 22.5. The predicted molar refractivity (Wildman–Crippen MR) is 60.9 cm³/mol. The Hall–Kier alpha value is -1.32. The van der Waals surface area contributed by atoms with Crippen LogP contribution in [0.2, 0.25) is 0 Å². The first kappa shape index (κ1) is 14.7. The maximum absolute atomic E-state index is 11.6. The molecular weight excluding hydrogens is 208 g/mol. The molecule has 0 aromatic rings. The number of ether oxygens (including phenoxy) is 1. The molecule has 4 heteroatoms. The molecule has 0 fully saturated rings. The molecule has 0 bridgehead atoms. The molecule has 0 spiro atoms. The van der Waals surface area contributed by atoms with Gasteiger partial charge in [0, 0.05) is 0 Å². The lowest BCUT2D eigenvalue weighted by molar-refractivity contribution is -0.159. The largest absolute Gasteiger partial charge is 0.481 e. The zero-order chi connectivity index (χ0) is 12.7. The Kier molecular flexibility index (Phi) is 6.46. The summed E-state index contributed by atoms with van der Waals surface area (Å²) in [7, 11) is 0. The maximum atomic E-state index is 11.6. The van der Waals surface area contributed by atoms with E-state index in [1.807, 2.05) is 6.92 Å². The minimum Gasteiger partial charge on any atom is -0.481 e. The van der Waals surface area contributed by atoms with Gasteiger partial charge in [-0.25, -0.2) is 0 Å². The van der Waals surface area contributed by atoms with Gasteiger partial charge in [-0.05, 0) is 27.2 Å². The second kappa shape index (κ2) is 7.04. The van der Waals surface area contributed by atoms with Crippen LogP contribution in [0.3, 0.4) is 0 Å². The van der Waals surface area contributed by atoms with Crippen LogP contribution in [0.15, 0.2) is 12.2 Å². The minimum atomic E-state index is -0.966. The molecule has 0 rings (SSSR count). The van der Waals surface area contributed by atoms with Gasteiger partial charge in [0.15, 0.2) is 0 Å². The van der Waals surface area contributed by atoms with E-state index in [4.69, 9.17) is 9.84 Å². The van der Waals surface area contributed by atoms with Crippen molar-refractivity contribution in [1.29, 1.82) is 0 Å². The van der Waals surface area contributed by atoms with Crippen LogP contribution in [0.5, 0.6) is 0 Å². The van der Waals surface area contributed by atoms with Crippen LogP contribution in [0.1, 0.15) is 34.1 Å². The fourth-order valence-electron chi connectivity index (χ4n) is 1.31. The average Bonchev–Trinajstić information content (AvgIpc) is 2.16. The number of rotatable bonds is 6. The van der Waals surface area contributed by atoms with Crippen molar-refractivity contribution in [3.63, 3.8) is 0 Å².